The van der Waals surface area contributed by atoms with Gasteiger partial charge in [0.25, 0.3) is 5.69 Å². The van der Waals surface area contributed by atoms with Gasteiger partial charge in [-0.05, 0) is 11.6 Å². The van der Waals surface area contributed by atoms with Crippen molar-refractivity contribution in [3.63, 3.8) is 0 Å². The van der Waals surface area contributed by atoms with Crippen molar-refractivity contribution in [1.29, 1.82) is 5.26 Å². The molecular weight excluding hydrogens is 220 g/mol. The van der Waals surface area contributed by atoms with Crippen LogP contribution >= 0.6 is 11.6 Å². The maximum atomic E-state index is 10.5. The Morgan fingerprint density at radius 2 is 2.33 bits per heavy atom. The maximum Gasteiger partial charge on any atom is 0.289 e. The smallest absolute Gasteiger partial charge is 0.289 e. The van der Waals surface area contributed by atoms with Crippen molar-refractivity contribution in [3.05, 3.63) is 38.4 Å². The molecule has 5 nitrogen and oxygen atoms in total. The van der Waals surface area contributed by atoms with Gasteiger partial charge >= 0.3 is 0 Å². The fourth-order valence-corrected chi connectivity index (χ4v) is 1.38. The highest BCUT2D eigenvalue weighted by Gasteiger charge is 2.16. The summed E-state index contributed by atoms with van der Waals surface area (Å²) in [7, 11) is 1.47. The number of nitro benzene ring substituents is 1. The lowest BCUT2D eigenvalue weighted by Gasteiger charge is -2.03. The SMILES string of the molecule is COCc1cc(Cl)c([N+](=O)[O-])cc1C#N. The van der Waals surface area contributed by atoms with E-state index in [-0.39, 0.29) is 22.9 Å². The first-order chi connectivity index (χ1) is 7.10. The Bertz CT molecular complexity index is 440. The summed E-state index contributed by atoms with van der Waals surface area (Å²) >= 11 is 5.68. The van der Waals surface area contributed by atoms with E-state index >= 15 is 0 Å². The second-order valence-corrected chi connectivity index (χ2v) is 3.17. The number of rotatable bonds is 3. The summed E-state index contributed by atoms with van der Waals surface area (Å²) in [4.78, 5) is 9.91. The molecule has 0 fully saturated rings. The van der Waals surface area contributed by atoms with Gasteiger partial charge in [-0.2, -0.15) is 5.26 Å². The molecule has 6 heteroatoms. The zero-order valence-corrected chi connectivity index (χ0v) is 8.61. The van der Waals surface area contributed by atoms with Crippen LogP contribution in [0.5, 0.6) is 0 Å². The standard InChI is InChI=1S/C9H7ClN2O3/c1-15-5-7-2-8(10)9(12(13)14)3-6(7)4-11/h2-3H,5H2,1H3. The Morgan fingerprint density at radius 1 is 1.67 bits per heavy atom. The molecule has 0 atom stereocenters. The summed E-state index contributed by atoms with van der Waals surface area (Å²) < 4.78 is 4.85. The zero-order valence-electron chi connectivity index (χ0n) is 7.86. The van der Waals surface area contributed by atoms with Crippen LogP contribution in [-0.2, 0) is 11.3 Å². The molecule has 0 amide bonds. The predicted molar refractivity (Wildman–Crippen MR) is 53.5 cm³/mol. The largest absolute Gasteiger partial charge is 0.380 e. The highest BCUT2D eigenvalue weighted by molar-refractivity contribution is 6.32. The second-order valence-electron chi connectivity index (χ2n) is 2.76. The zero-order chi connectivity index (χ0) is 11.4. The van der Waals surface area contributed by atoms with E-state index in [1.165, 1.54) is 13.2 Å². The Hall–Kier alpha value is -1.64. The quantitative estimate of drug-likeness (QED) is 0.585. The molecule has 0 N–H and O–H groups in total. The molecule has 1 rings (SSSR count). The number of benzene rings is 1. The number of methoxy groups -OCH3 is 1. The van der Waals surface area contributed by atoms with Gasteiger partial charge in [0.2, 0.25) is 0 Å². The topological polar surface area (TPSA) is 76.2 Å². The number of hydrogen-bond acceptors (Lipinski definition) is 4. The lowest BCUT2D eigenvalue weighted by atomic mass is 10.1. The van der Waals surface area contributed by atoms with Crippen molar-refractivity contribution in [3.8, 4) is 6.07 Å². The van der Waals surface area contributed by atoms with Crippen LogP contribution < -0.4 is 0 Å². The van der Waals surface area contributed by atoms with E-state index in [2.05, 4.69) is 0 Å². The van der Waals surface area contributed by atoms with Gasteiger partial charge in [0.15, 0.2) is 0 Å². The number of nitro groups is 1. The van der Waals surface area contributed by atoms with Gasteiger partial charge in [-0.15, -0.1) is 0 Å². The monoisotopic (exact) mass is 226 g/mol. The van der Waals surface area contributed by atoms with Gasteiger partial charge in [0, 0.05) is 13.2 Å². The van der Waals surface area contributed by atoms with Crippen molar-refractivity contribution < 1.29 is 9.66 Å². The van der Waals surface area contributed by atoms with Gasteiger partial charge < -0.3 is 4.74 Å². The average molecular weight is 227 g/mol. The van der Waals surface area contributed by atoms with Crippen LogP contribution in [0.15, 0.2) is 12.1 Å². The lowest BCUT2D eigenvalue weighted by molar-refractivity contribution is -0.384. The molecule has 0 unspecified atom stereocenters. The molecule has 0 aromatic heterocycles. The fraction of sp³-hybridized carbons (Fsp3) is 0.222. The van der Waals surface area contributed by atoms with Crippen LogP contribution in [0, 0.1) is 21.4 Å². The summed E-state index contributed by atoms with van der Waals surface area (Å²) in [5, 5.41) is 19.3. The Balaban J connectivity index is 3.30. The minimum Gasteiger partial charge on any atom is -0.380 e. The average Bonchev–Trinajstić information content (AvgIpc) is 2.18. The second kappa shape index (κ2) is 4.73. The van der Waals surface area contributed by atoms with Crippen molar-refractivity contribution in [2.24, 2.45) is 0 Å². The number of ether oxygens (including phenoxy) is 1. The van der Waals surface area contributed by atoms with Crippen LogP contribution in [0.25, 0.3) is 0 Å². The Morgan fingerprint density at radius 3 is 2.80 bits per heavy atom. The molecule has 1 aromatic carbocycles. The molecule has 1 aromatic rings. The fourth-order valence-electron chi connectivity index (χ4n) is 1.12. The van der Waals surface area contributed by atoms with Crippen LogP contribution in [0.2, 0.25) is 5.02 Å². The Labute approximate surface area is 91.0 Å². The molecule has 15 heavy (non-hydrogen) atoms. The van der Waals surface area contributed by atoms with Gasteiger partial charge in [-0.25, -0.2) is 0 Å². The molecule has 0 heterocycles. The van der Waals surface area contributed by atoms with Crippen LogP contribution in [0.1, 0.15) is 11.1 Å². The molecular formula is C9H7ClN2O3. The predicted octanol–water partition coefficient (Wildman–Crippen LogP) is 2.27. The maximum absolute atomic E-state index is 10.5. The van der Waals surface area contributed by atoms with E-state index in [4.69, 9.17) is 21.6 Å². The van der Waals surface area contributed by atoms with E-state index in [1.54, 1.807) is 0 Å². The normalized spacial score (nSPS) is 9.67. The van der Waals surface area contributed by atoms with Crippen molar-refractivity contribution in [1.82, 2.24) is 0 Å². The minimum absolute atomic E-state index is 0.00560. The third kappa shape index (κ3) is 2.43. The van der Waals surface area contributed by atoms with Gasteiger partial charge in [0.1, 0.15) is 5.02 Å². The minimum atomic E-state index is -0.625. The molecule has 0 saturated heterocycles. The van der Waals surface area contributed by atoms with Crippen molar-refractivity contribution >= 4 is 17.3 Å². The highest BCUT2D eigenvalue weighted by Crippen LogP contribution is 2.28. The first-order valence-electron chi connectivity index (χ1n) is 3.96. The summed E-state index contributed by atoms with van der Waals surface area (Å²) in [6.07, 6.45) is 0. The van der Waals surface area contributed by atoms with Crippen molar-refractivity contribution in [2.75, 3.05) is 7.11 Å². The van der Waals surface area contributed by atoms with Gasteiger partial charge in [0.05, 0.1) is 23.2 Å². The first kappa shape index (κ1) is 11.4. The first-order valence-corrected chi connectivity index (χ1v) is 4.33. The van der Waals surface area contributed by atoms with Crippen molar-refractivity contribution in [2.45, 2.75) is 6.61 Å². The number of nitrogens with zero attached hydrogens (tertiary/aromatic N) is 2. The van der Waals surface area contributed by atoms with E-state index < -0.39 is 4.92 Å². The van der Waals surface area contributed by atoms with E-state index in [9.17, 15) is 10.1 Å². The van der Waals surface area contributed by atoms with Crippen LogP contribution in [-0.4, -0.2) is 12.0 Å². The number of halogens is 1. The third-order valence-electron chi connectivity index (χ3n) is 1.79. The van der Waals surface area contributed by atoms with E-state index in [1.807, 2.05) is 6.07 Å². The molecule has 0 saturated carbocycles. The summed E-state index contributed by atoms with van der Waals surface area (Å²) in [6, 6.07) is 4.39. The molecule has 0 radical (unpaired) electrons. The van der Waals surface area contributed by atoms with Gasteiger partial charge in [-0.1, -0.05) is 11.6 Å². The highest BCUT2D eigenvalue weighted by atomic mass is 35.5. The van der Waals surface area contributed by atoms with Crippen LogP contribution in [0.4, 0.5) is 5.69 Å². The molecule has 0 aliphatic heterocycles. The molecule has 0 aliphatic rings. The molecule has 0 bridgehead atoms. The molecule has 0 aliphatic carbocycles. The number of nitriles is 1. The molecule has 0 spiro atoms. The summed E-state index contributed by atoms with van der Waals surface area (Å²) in [5.41, 5.74) is 0.469. The lowest BCUT2D eigenvalue weighted by Crippen LogP contribution is -1.96. The van der Waals surface area contributed by atoms with E-state index in [0.717, 1.165) is 6.07 Å². The van der Waals surface area contributed by atoms with E-state index in [0.29, 0.717) is 5.56 Å². The third-order valence-corrected chi connectivity index (χ3v) is 2.09. The van der Waals surface area contributed by atoms with Crippen LogP contribution in [0.3, 0.4) is 0 Å². The van der Waals surface area contributed by atoms with Gasteiger partial charge in [-0.3, -0.25) is 10.1 Å². The summed E-state index contributed by atoms with van der Waals surface area (Å²) in [6.45, 7) is 0.195. The summed E-state index contributed by atoms with van der Waals surface area (Å²) in [5.74, 6) is 0. The molecule has 78 valence electrons. The Kier molecular flexibility index (Phi) is 3.61. The number of hydrogen-bond donors (Lipinski definition) is 0.